The van der Waals surface area contributed by atoms with Crippen LogP contribution in [0.15, 0.2) is 12.3 Å². The van der Waals surface area contributed by atoms with Crippen molar-refractivity contribution in [3.63, 3.8) is 0 Å². The van der Waals surface area contributed by atoms with E-state index < -0.39 is 10.8 Å². The van der Waals surface area contributed by atoms with Crippen LogP contribution in [-0.4, -0.2) is 32.9 Å². The fourth-order valence-electron chi connectivity index (χ4n) is 2.09. The van der Waals surface area contributed by atoms with Gasteiger partial charge in [-0.2, -0.15) is 11.8 Å². The van der Waals surface area contributed by atoms with Gasteiger partial charge in [0.1, 0.15) is 16.9 Å². The lowest BCUT2D eigenvalue weighted by molar-refractivity contribution is -0.385. The first-order valence-electron chi connectivity index (χ1n) is 6.13. The molecular formula is C12H14ClN3O3S. The molecule has 0 radical (unpaired) electrons. The molecule has 2 rings (SSSR count). The molecule has 0 spiro atoms. The van der Waals surface area contributed by atoms with Crippen LogP contribution in [0.2, 0.25) is 5.15 Å². The number of carbonyl (C=O) groups is 1. The van der Waals surface area contributed by atoms with E-state index in [9.17, 15) is 14.9 Å². The first kappa shape index (κ1) is 15.1. The summed E-state index contributed by atoms with van der Waals surface area (Å²) in [5.41, 5.74) is -0.391. The summed E-state index contributed by atoms with van der Waals surface area (Å²) in [7, 11) is 0. The lowest BCUT2D eigenvalue weighted by Gasteiger charge is -2.22. The standard InChI is InChI=1S/C12H14ClN3O3S/c1-12(3-2-4-20-12)7-15-11(17)8-5-10(13)14-6-9(8)16(18)19/h5-6H,2-4,7H2,1H3,(H,15,17). The van der Waals surface area contributed by atoms with Gasteiger partial charge < -0.3 is 5.32 Å². The van der Waals surface area contributed by atoms with E-state index in [4.69, 9.17) is 11.6 Å². The summed E-state index contributed by atoms with van der Waals surface area (Å²) < 4.78 is 0.00125. The molecule has 1 N–H and O–H groups in total. The molecule has 1 aliphatic heterocycles. The molecule has 0 bridgehead atoms. The number of aromatic nitrogens is 1. The minimum absolute atomic E-state index is 0.00125. The van der Waals surface area contributed by atoms with Crippen molar-refractivity contribution in [2.75, 3.05) is 12.3 Å². The quantitative estimate of drug-likeness (QED) is 0.524. The minimum atomic E-state index is -0.635. The van der Waals surface area contributed by atoms with Crippen LogP contribution in [0.3, 0.4) is 0 Å². The van der Waals surface area contributed by atoms with Crippen molar-refractivity contribution in [2.24, 2.45) is 0 Å². The number of halogens is 1. The van der Waals surface area contributed by atoms with Crippen LogP contribution in [0.1, 0.15) is 30.1 Å². The van der Waals surface area contributed by atoms with E-state index in [1.54, 1.807) is 0 Å². The molecule has 1 saturated heterocycles. The summed E-state index contributed by atoms with van der Waals surface area (Å²) in [6.07, 6.45) is 3.15. The first-order valence-corrected chi connectivity index (χ1v) is 7.50. The average molecular weight is 316 g/mol. The van der Waals surface area contributed by atoms with Crippen molar-refractivity contribution in [3.05, 3.63) is 33.1 Å². The number of hydrogen-bond donors (Lipinski definition) is 1. The van der Waals surface area contributed by atoms with Gasteiger partial charge in [0.2, 0.25) is 0 Å². The van der Waals surface area contributed by atoms with Gasteiger partial charge in [0.25, 0.3) is 11.6 Å². The van der Waals surface area contributed by atoms with Gasteiger partial charge in [0, 0.05) is 11.3 Å². The number of nitrogens with one attached hydrogen (secondary N) is 1. The number of nitrogens with zero attached hydrogens (tertiary/aromatic N) is 2. The van der Waals surface area contributed by atoms with E-state index >= 15 is 0 Å². The maximum absolute atomic E-state index is 12.1. The van der Waals surface area contributed by atoms with E-state index in [2.05, 4.69) is 17.2 Å². The Bertz CT molecular complexity index is 547. The number of thioether (sulfide) groups is 1. The van der Waals surface area contributed by atoms with Crippen molar-refractivity contribution in [1.29, 1.82) is 0 Å². The third kappa shape index (κ3) is 3.40. The Labute approximate surface area is 125 Å². The van der Waals surface area contributed by atoms with E-state index in [1.165, 1.54) is 6.07 Å². The zero-order chi connectivity index (χ0) is 14.8. The Balaban J connectivity index is 2.12. The third-order valence-corrected chi connectivity index (χ3v) is 4.96. The molecule has 108 valence electrons. The normalized spacial score (nSPS) is 21.7. The number of hydrogen-bond acceptors (Lipinski definition) is 5. The lowest BCUT2D eigenvalue weighted by atomic mass is 10.1. The fraction of sp³-hybridized carbons (Fsp3) is 0.500. The van der Waals surface area contributed by atoms with Gasteiger partial charge in [-0.3, -0.25) is 14.9 Å². The summed E-state index contributed by atoms with van der Waals surface area (Å²) in [4.78, 5) is 26.0. The smallest absolute Gasteiger partial charge is 0.300 e. The van der Waals surface area contributed by atoms with Crippen molar-refractivity contribution in [3.8, 4) is 0 Å². The zero-order valence-electron chi connectivity index (χ0n) is 10.9. The van der Waals surface area contributed by atoms with Gasteiger partial charge in [-0.05, 0) is 31.6 Å². The molecule has 1 amide bonds. The molecule has 1 fully saturated rings. The molecule has 1 unspecified atom stereocenters. The second-order valence-electron chi connectivity index (χ2n) is 4.87. The van der Waals surface area contributed by atoms with Gasteiger partial charge in [0.05, 0.1) is 4.92 Å². The Kier molecular flexibility index (Phi) is 4.49. The number of rotatable bonds is 4. The van der Waals surface area contributed by atoms with Crippen LogP contribution in [-0.2, 0) is 0 Å². The molecule has 20 heavy (non-hydrogen) atoms. The number of pyridine rings is 1. The highest BCUT2D eigenvalue weighted by atomic mass is 35.5. The number of nitro groups is 1. The maximum atomic E-state index is 12.1. The summed E-state index contributed by atoms with van der Waals surface area (Å²) >= 11 is 7.51. The van der Waals surface area contributed by atoms with E-state index in [-0.39, 0.29) is 21.2 Å². The Morgan fingerprint density at radius 3 is 3.05 bits per heavy atom. The van der Waals surface area contributed by atoms with Crippen LogP contribution in [0.4, 0.5) is 5.69 Å². The average Bonchev–Trinajstić information content (AvgIpc) is 2.83. The van der Waals surface area contributed by atoms with Crippen molar-refractivity contribution < 1.29 is 9.72 Å². The molecule has 0 aromatic carbocycles. The van der Waals surface area contributed by atoms with Crippen molar-refractivity contribution in [1.82, 2.24) is 10.3 Å². The van der Waals surface area contributed by atoms with E-state index in [0.29, 0.717) is 6.54 Å². The van der Waals surface area contributed by atoms with Crippen LogP contribution >= 0.6 is 23.4 Å². The molecule has 0 saturated carbocycles. The summed E-state index contributed by atoms with van der Waals surface area (Å²) in [6, 6.07) is 1.22. The Morgan fingerprint density at radius 1 is 1.70 bits per heavy atom. The van der Waals surface area contributed by atoms with E-state index in [1.807, 2.05) is 11.8 Å². The van der Waals surface area contributed by atoms with Crippen LogP contribution in [0.5, 0.6) is 0 Å². The van der Waals surface area contributed by atoms with Crippen LogP contribution in [0.25, 0.3) is 0 Å². The summed E-state index contributed by atoms with van der Waals surface area (Å²) in [5, 5.41) is 13.7. The van der Waals surface area contributed by atoms with Gasteiger partial charge >= 0.3 is 0 Å². The van der Waals surface area contributed by atoms with Crippen LogP contribution in [0, 0.1) is 10.1 Å². The molecule has 2 heterocycles. The molecule has 1 aromatic heterocycles. The van der Waals surface area contributed by atoms with Crippen LogP contribution < -0.4 is 5.32 Å². The highest BCUT2D eigenvalue weighted by Crippen LogP contribution is 2.37. The largest absolute Gasteiger partial charge is 0.350 e. The molecule has 6 nitrogen and oxygen atoms in total. The Morgan fingerprint density at radius 2 is 2.45 bits per heavy atom. The molecular weight excluding hydrogens is 302 g/mol. The Hall–Kier alpha value is -1.34. The van der Waals surface area contributed by atoms with Crippen molar-refractivity contribution in [2.45, 2.75) is 24.5 Å². The zero-order valence-corrected chi connectivity index (χ0v) is 12.5. The fourth-order valence-corrected chi connectivity index (χ4v) is 3.49. The molecule has 8 heteroatoms. The highest BCUT2D eigenvalue weighted by molar-refractivity contribution is 8.00. The molecule has 1 aliphatic rings. The lowest BCUT2D eigenvalue weighted by Crippen LogP contribution is -2.37. The predicted octanol–water partition coefficient (Wildman–Crippen LogP) is 2.66. The van der Waals surface area contributed by atoms with Gasteiger partial charge in [-0.15, -0.1) is 0 Å². The first-order chi connectivity index (χ1) is 9.41. The maximum Gasteiger partial charge on any atom is 0.300 e. The van der Waals surface area contributed by atoms with Gasteiger partial charge in [-0.1, -0.05) is 11.6 Å². The van der Waals surface area contributed by atoms with Crippen molar-refractivity contribution >= 4 is 35.0 Å². The highest BCUT2D eigenvalue weighted by Gasteiger charge is 2.31. The topological polar surface area (TPSA) is 85.1 Å². The molecule has 1 aromatic rings. The van der Waals surface area contributed by atoms with E-state index in [0.717, 1.165) is 24.8 Å². The number of carbonyl (C=O) groups excluding carboxylic acids is 1. The summed E-state index contributed by atoms with van der Waals surface area (Å²) in [6.45, 7) is 2.56. The minimum Gasteiger partial charge on any atom is -0.350 e. The third-order valence-electron chi connectivity index (χ3n) is 3.21. The van der Waals surface area contributed by atoms with Gasteiger partial charge in [0.15, 0.2) is 0 Å². The predicted molar refractivity (Wildman–Crippen MR) is 78.3 cm³/mol. The second kappa shape index (κ2) is 5.97. The molecule has 1 atom stereocenters. The monoisotopic (exact) mass is 315 g/mol. The molecule has 0 aliphatic carbocycles. The SMILES string of the molecule is CC1(CNC(=O)c2cc(Cl)ncc2[N+](=O)[O-])CCCS1. The number of amides is 1. The summed E-state index contributed by atoms with van der Waals surface area (Å²) in [5.74, 6) is 0.586. The second-order valence-corrected chi connectivity index (χ2v) is 6.94. The van der Waals surface area contributed by atoms with Gasteiger partial charge in [-0.25, -0.2) is 4.98 Å².